The summed E-state index contributed by atoms with van der Waals surface area (Å²) in [7, 11) is 0. The number of carbonyl (C=O) groups is 3. The standard InChI is InChI=1S/C16H19NO6/c18-14(19)9-12-6-7-17(13(8-12)15(20)21)16(22)23-10-11-4-2-1-3-5-11/h1-5,12-13H,6-10H2,(H,18,19)(H,20,21)/t12-,13+/m1/s1. The van der Waals surface area contributed by atoms with Crippen molar-refractivity contribution in [2.45, 2.75) is 31.9 Å². The molecule has 1 aliphatic rings. The van der Waals surface area contributed by atoms with Crippen LogP contribution in [0.25, 0.3) is 0 Å². The van der Waals surface area contributed by atoms with Crippen LogP contribution in [-0.2, 0) is 20.9 Å². The Labute approximate surface area is 133 Å². The Morgan fingerprint density at radius 2 is 1.87 bits per heavy atom. The first-order valence-electron chi connectivity index (χ1n) is 7.39. The van der Waals surface area contributed by atoms with Gasteiger partial charge in [-0.1, -0.05) is 30.3 Å². The SMILES string of the molecule is O=C(O)C[C@@H]1CCN(C(=O)OCc2ccccc2)[C@H](C(=O)O)C1. The van der Waals surface area contributed by atoms with E-state index in [2.05, 4.69) is 0 Å². The van der Waals surface area contributed by atoms with Gasteiger partial charge in [-0.3, -0.25) is 9.69 Å². The van der Waals surface area contributed by atoms with Gasteiger partial charge in [0.25, 0.3) is 0 Å². The average Bonchev–Trinajstić information content (AvgIpc) is 2.53. The number of benzene rings is 1. The molecule has 124 valence electrons. The fourth-order valence-corrected chi connectivity index (χ4v) is 2.73. The largest absolute Gasteiger partial charge is 0.481 e. The van der Waals surface area contributed by atoms with Gasteiger partial charge in [-0.25, -0.2) is 9.59 Å². The van der Waals surface area contributed by atoms with Crippen molar-refractivity contribution in [3.63, 3.8) is 0 Å². The molecule has 0 aromatic heterocycles. The number of likely N-dealkylation sites (tertiary alicyclic amines) is 1. The third-order valence-corrected chi connectivity index (χ3v) is 3.90. The zero-order chi connectivity index (χ0) is 16.8. The van der Waals surface area contributed by atoms with Gasteiger partial charge >= 0.3 is 18.0 Å². The number of amides is 1. The maximum atomic E-state index is 12.1. The maximum Gasteiger partial charge on any atom is 0.410 e. The van der Waals surface area contributed by atoms with Crippen molar-refractivity contribution >= 4 is 18.0 Å². The number of carbonyl (C=O) groups excluding carboxylic acids is 1. The van der Waals surface area contributed by atoms with E-state index in [9.17, 15) is 19.5 Å². The number of ether oxygens (including phenoxy) is 1. The molecule has 1 saturated heterocycles. The lowest BCUT2D eigenvalue weighted by atomic mass is 9.88. The predicted octanol–water partition coefficient (Wildman–Crippen LogP) is 1.96. The third kappa shape index (κ3) is 4.70. The fourth-order valence-electron chi connectivity index (χ4n) is 2.73. The van der Waals surface area contributed by atoms with E-state index in [-0.39, 0.29) is 31.9 Å². The first-order valence-corrected chi connectivity index (χ1v) is 7.39. The smallest absolute Gasteiger partial charge is 0.410 e. The van der Waals surface area contributed by atoms with E-state index in [0.717, 1.165) is 5.56 Å². The molecule has 0 spiro atoms. The van der Waals surface area contributed by atoms with E-state index < -0.39 is 24.1 Å². The van der Waals surface area contributed by atoms with Crippen LogP contribution in [0.5, 0.6) is 0 Å². The molecule has 1 fully saturated rings. The molecule has 7 nitrogen and oxygen atoms in total. The van der Waals surface area contributed by atoms with Gasteiger partial charge in [-0.15, -0.1) is 0 Å². The van der Waals surface area contributed by atoms with E-state index in [1.165, 1.54) is 4.90 Å². The summed E-state index contributed by atoms with van der Waals surface area (Å²) in [5, 5.41) is 18.1. The molecule has 1 aromatic carbocycles. The Morgan fingerprint density at radius 1 is 1.17 bits per heavy atom. The second kappa shape index (κ2) is 7.62. The molecule has 0 aliphatic carbocycles. The highest BCUT2D eigenvalue weighted by Crippen LogP contribution is 2.26. The van der Waals surface area contributed by atoms with Crippen molar-refractivity contribution in [2.24, 2.45) is 5.92 Å². The number of carboxylic acids is 2. The Balaban J connectivity index is 1.95. The number of nitrogens with zero attached hydrogens (tertiary/aromatic N) is 1. The lowest BCUT2D eigenvalue weighted by molar-refractivity contribution is -0.146. The lowest BCUT2D eigenvalue weighted by Gasteiger charge is -2.35. The molecule has 1 heterocycles. The van der Waals surface area contributed by atoms with Crippen LogP contribution in [0.4, 0.5) is 4.79 Å². The number of hydrogen-bond acceptors (Lipinski definition) is 4. The van der Waals surface area contributed by atoms with Gasteiger partial charge in [-0.2, -0.15) is 0 Å². The van der Waals surface area contributed by atoms with E-state index in [1.54, 1.807) is 12.1 Å². The van der Waals surface area contributed by atoms with Crippen LogP contribution in [0.2, 0.25) is 0 Å². The molecule has 2 atom stereocenters. The Hall–Kier alpha value is -2.57. The first-order chi connectivity index (χ1) is 11.0. The Kier molecular flexibility index (Phi) is 5.56. The van der Waals surface area contributed by atoms with Crippen molar-refractivity contribution in [1.29, 1.82) is 0 Å². The molecule has 23 heavy (non-hydrogen) atoms. The summed E-state index contributed by atoms with van der Waals surface area (Å²) in [4.78, 5) is 35.5. The van der Waals surface area contributed by atoms with Crippen molar-refractivity contribution < 1.29 is 29.3 Å². The van der Waals surface area contributed by atoms with Crippen LogP contribution in [0.15, 0.2) is 30.3 Å². The van der Waals surface area contributed by atoms with Crippen LogP contribution in [0.3, 0.4) is 0 Å². The molecule has 2 rings (SSSR count). The summed E-state index contributed by atoms with van der Waals surface area (Å²) in [5.41, 5.74) is 0.813. The van der Waals surface area contributed by atoms with Gasteiger partial charge in [-0.05, 0) is 24.3 Å². The summed E-state index contributed by atoms with van der Waals surface area (Å²) in [5.74, 6) is -2.34. The highest BCUT2D eigenvalue weighted by Gasteiger charge is 2.37. The molecule has 0 bridgehead atoms. The monoisotopic (exact) mass is 321 g/mol. The fraction of sp³-hybridized carbons (Fsp3) is 0.438. The maximum absolute atomic E-state index is 12.1. The molecule has 0 radical (unpaired) electrons. The molecule has 0 unspecified atom stereocenters. The molecule has 7 heteroatoms. The Bertz CT molecular complexity index is 573. The van der Waals surface area contributed by atoms with Crippen LogP contribution < -0.4 is 0 Å². The molecule has 1 aliphatic heterocycles. The van der Waals surface area contributed by atoms with Crippen LogP contribution in [0.1, 0.15) is 24.8 Å². The molecule has 2 N–H and O–H groups in total. The molecular formula is C16H19NO6. The van der Waals surface area contributed by atoms with Crippen LogP contribution >= 0.6 is 0 Å². The zero-order valence-corrected chi connectivity index (χ0v) is 12.6. The zero-order valence-electron chi connectivity index (χ0n) is 12.6. The van der Waals surface area contributed by atoms with Gasteiger partial charge < -0.3 is 14.9 Å². The van der Waals surface area contributed by atoms with E-state index in [1.807, 2.05) is 18.2 Å². The molecule has 1 aromatic rings. The van der Waals surface area contributed by atoms with E-state index in [4.69, 9.17) is 9.84 Å². The van der Waals surface area contributed by atoms with Crippen LogP contribution in [-0.4, -0.2) is 45.7 Å². The van der Waals surface area contributed by atoms with Crippen molar-refractivity contribution in [2.75, 3.05) is 6.54 Å². The van der Waals surface area contributed by atoms with Gasteiger partial charge in [0.15, 0.2) is 0 Å². The highest BCUT2D eigenvalue weighted by atomic mass is 16.6. The number of aliphatic carboxylic acids is 2. The second-order valence-electron chi connectivity index (χ2n) is 5.58. The summed E-state index contributed by atoms with van der Waals surface area (Å²) >= 11 is 0. The molecule has 1 amide bonds. The number of hydrogen-bond donors (Lipinski definition) is 2. The van der Waals surface area contributed by atoms with Gasteiger partial charge in [0.2, 0.25) is 0 Å². The first kappa shape index (κ1) is 16.8. The third-order valence-electron chi connectivity index (χ3n) is 3.90. The van der Waals surface area contributed by atoms with E-state index >= 15 is 0 Å². The highest BCUT2D eigenvalue weighted by molar-refractivity contribution is 5.80. The van der Waals surface area contributed by atoms with E-state index in [0.29, 0.717) is 6.42 Å². The number of piperidine rings is 1. The van der Waals surface area contributed by atoms with Crippen molar-refractivity contribution in [3.05, 3.63) is 35.9 Å². The van der Waals surface area contributed by atoms with Gasteiger partial charge in [0.1, 0.15) is 12.6 Å². The summed E-state index contributed by atoms with van der Waals surface area (Å²) in [6, 6.07) is 8.05. The second-order valence-corrected chi connectivity index (χ2v) is 5.58. The van der Waals surface area contributed by atoms with Crippen molar-refractivity contribution in [3.8, 4) is 0 Å². The summed E-state index contributed by atoms with van der Waals surface area (Å²) in [6.07, 6.45) is -0.190. The van der Waals surface area contributed by atoms with Crippen LogP contribution in [0, 0.1) is 5.92 Å². The normalized spacial score (nSPS) is 20.8. The minimum atomic E-state index is -1.14. The quantitative estimate of drug-likeness (QED) is 0.859. The predicted molar refractivity (Wildman–Crippen MR) is 79.7 cm³/mol. The molecule has 0 saturated carbocycles. The summed E-state index contributed by atoms with van der Waals surface area (Å²) in [6.45, 7) is 0.254. The van der Waals surface area contributed by atoms with Gasteiger partial charge in [0.05, 0.1) is 0 Å². The number of rotatable bonds is 5. The average molecular weight is 321 g/mol. The minimum Gasteiger partial charge on any atom is -0.481 e. The minimum absolute atomic E-state index is 0.0705. The lowest BCUT2D eigenvalue weighted by Crippen LogP contribution is -2.50. The van der Waals surface area contributed by atoms with Gasteiger partial charge in [0, 0.05) is 13.0 Å². The molecular weight excluding hydrogens is 302 g/mol. The number of carboxylic acid groups (broad SMARTS) is 2. The summed E-state index contributed by atoms with van der Waals surface area (Å²) < 4.78 is 5.17. The Morgan fingerprint density at radius 3 is 2.48 bits per heavy atom. The topological polar surface area (TPSA) is 104 Å². The van der Waals surface area contributed by atoms with Crippen molar-refractivity contribution in [1.82, 2.24) is 4.90 Å².